The third kappa shape index (κ3) is 3.78. The molecular formula is C19H18N4O2. The molecule has 1 heterocycles. The van der Waals surface area contributed by atoms with E-state index in [9.17, 15) is 10.1 Å². The minimum atomic E-state index is -0.416. The van der Waals surface area contributed by atoms with Crippen molar-refractivity contribution in [1.29, 1.82) is 5.26 Å². The third-order valence-electron chi connectivity index (χ3n) is 4.30. The van der Waals surface area contributed by atoms with E-state index in [1.807, 2.05) is 18.2 Å². The maximum absolute atomic E-state index is 11.0. The number of benzene rings is 2. The smallest absolute Gasteiger partial charge is 0.270 e. The second kappa shape index (κ2) is 7.49. The van der Waals surface area contributed by atoms with Gasteiger partial charge in [0.1, 0.15) is 0 Å². The number of anilines is 1. The summed E-state index contributed by atoms with van der Waals surface area (Å²) in [4.78, 5) is 15.0. The summed E-state index contributed by atoms with van der Waals surface area (Å²) < 4.78 is 0. The molecule has 1 aliphatic heterocycles. The molecule has 3 rings (SSSR count). The molecule has 0 bridgehead atoms. The number of rotatable bonds is 4. The van der Waals surface area contributed by atoms with Crippen LogP contribution < -0.4 is 4.90 Å². The van der Waals surface area contributed by atoms with Crippen molar-refractivity contribution in [3.8, 4) is 6.07 Å². The average molecular weight is 334 g/mol. The van der Waals surface area contributed by atoms with E-state index in [0.717, 1.165) is 31.9 Å². The number of allylic oxidation sites excluding steroid dienone is 1. The fourth-order valence-electron chi connectivity index (χ4n) is 3.04. The number of nitro groups is 1. The van der Waals surface area contributed by atoms with Gasteiger partial charge in [-0.05, 0) is 12.1 Å². The van der Waals surface area contributed by atoms with Crippen LogP contribution in [0.25, 0.3) is 5.70 Å². The Morgan fingerprint density at radius 3 is 2.44 bits per heavy atom. The van der Waals surface area contributed by atoms with Gasteiger partial charge in [-0.15, -0.1) is 0 Å². The first kappa shape index (κ1) is 16.5. The van der Waals surface area contributed by atoms with Crippen molar-refractivity contribution < 1.29 is 4.92 Å². The number of nitrogens with zero attached hydrogens (tertiary/aromatic N) is 4. The fraction of sp³-hybridized carbons (Fsp3) is 0.211. The molecule has 2 aromatic carbocycles. The summed E-state index contributed by atoms with van der Waals surface area (Å²) >= 11 is 0. The van der Waals surface area contributed by atoms with Crippen LogP contribution in [0.1, 0.15) is 5.56 Å². The Labute approximate surface area is 146 Å². The van der Waals surface area contributed by atoms with Crippen molar-refractivity contribution in [2.24, 2.45) is 0 Å². The lowest BCUT2D eigenvalue weighted by Gasteiger charge is -2.38. The number of hydrogen-bond donors (Lipinski definition) is 0. The van der Waals surface area contributed by atoms with Crippen molar-refractivity contribution in [2.75, 3.05) is 31.1 Å². The molecule has 6 heteroatoms. The summed E-state index contributed by atoms with van der Waals surface area (Å²) in [5.41, 5.74) is 2.65. The van der Waals surface area contributed by atoms with E-state index < -0.39 is 4.92 Å². The highest BCUT2D eigenvalue weighted by atomic mass is 16.6. The Balaban J connectivity index is 1.77. The SMILES string of the molecule is N#C/C=C(\c1cccc([N+](=O)[O-])c1)N1CCN(c2ccccc2)CC1. The largest absolute Gasteiger partial charge is 0.368 e. The molecule has 0 aliphatic carbocycles. The van der Waals surface area contributed by atoms with E-state index in [2.05, 4.69) is 28.0 Å². The third-order valence-corrected chi connectivity index (χ3v) is 4.30. The molecule has 0 amide bonds. The Kier molecular flexibility index (Phi) is 4.95. The molecule has 1 saturated heterocycles. The first-order valence-electron chi connectivity index (χ1n) is 8.08. The quantitative estimate of drug-likeness (QED) is 0.487. The van der Waals surface area contributed by atoms with Crippen LogP contribution in [0.15, 0.2) is 60.7 Å². The molecule has 0 spiro atoms. The minimum absolute atomic E-state index is 0.0317. The summed E-state index contributed by atoms with van der Waals surface area (Å²) in [7, 11) is 0. The Morgan fingerprint density at radius 2 is 1.80 bits per heavy atom. The summed E-state index contributed by atoms with van der Waals surface area (Å²) in [5.74, 6) is 0. The van der Waals surface area contributed by atoms with E-state index in [1.165, 1.54) is 23.9 Å². The molecule has 1 aliphatic rings. The van der Waals surface area contributed by atoms with Crippen LogP contribution in [0.4, 0.5) is 11.4 Å². The van der Waals surface area contributed by atoms with Gasteiger partial charge in [0.25, 0.3) is 5.69 Å². The second-order valence-corrected chi connectivity index (χ2v) is 5.78. The van der Waals surface area contributed by atoms with Gasteiger partial charge in [-0.1, -0.05) is 30.3 Å². The van der Waals surface area contributed by atoms with Gasteiger partial charge in [0.05, 0.1) is 16.7 Å². The van der Waals surface area contributed by atoms with Crippen LogP contribution in [-0.2, 0) is 0 Å². The molecular weight excluding hydrogens is 316 g/mol. The minimum Gasteiger partial charge on any atom is -0.368 e. The lowest BCUT2D eigenvalue weighted by Crippen LogP contribution is -2.45. The predicted octanol–water partition coefficient (Wildman–Crippen LogP) is 3.28. The van der Waals surface area contributed by atoms with Gasteiger partial charge < -0.3 is 9.80 Å². The van der Waals surface area contributed by atoms with Crippen molar-refractivity contribution >= 4 is 17.1 Å². The molecule has 25 heavy (non-hydrogen) atoms. The van der Waals surface area contributed by atoms with Crippen LogP contribution in [0.2, 0.25) is 0 Å². The zero-order chi connectivity index (χ0) is 17.6. The van der Waals surface area contributed by atoms with Crippen molar-refractivity contribution in [3.05, 3.63) is 76.4 Å². The van der Waals surface area contributed by atoms with Crippen molar-refractivity contribution in [3.63, 3.8) is 0 Å². The standard InChI is InChI=1S/C19H18N4O2/c20-10-9-19(16-5-4-8-18(15-16)23(24)25)22-13-11-21(12-14-22)17-6-2-1-3-7-17/h1-9,15H,11-14H2/b19-9+. The molecule has 0 unspecified atom stereocenters. The van der Waals surface area contributed by atoms with E-state index >= 15 is 0 Å². The van der Waals surface area contributed by atoms with Crippen molar-refractivity contribution in [2.45, 2.75) is 0 Å². The Hall–Kier alpha value is -3.33. The van der Waals surface area contributed by atoms with Gasteiger partial charge in [-0.25, -0.2) is 0 Å². The number of nitriles is 1. The summed E-state index contributed by atoms with van der Waals surface area (Å²) in [6.45, 7) is 3.18. The summed E-state index contributed by atoms with van der Waals surface area (Å²) in [5, 5.41) is 20.2. The van der Waals surface area contributed by atoms with Gasteiger partial charge in [-0.2, -0.15) is 5.26 Å². The lowest BCUT2D eigenvalue weighted by atomic mass is 10.1. The van der Waals surface area contributed by atoms with Gasteiger partial charge >= 0.3 is 0 Å². The van der Waals surface area contributed by atoms with Crippen LogP contribution in [0, 0.1) is 21.4 Å². The number of hydrogen-bond acceptors (Lipinski definition) is 5. The predicted molar refractivity (Wildman–Crippen MR) is 96.9 cm³/mol. The number of nitro benzene ring substituents is 1. The van der Waals surface area contributed by atoms with E-state index in [0.29, 0.717) is 5.56 Å². The highest BCUT2D eigenvalue weighted by Crippen LogP contribution is 2.25. The number of piperazine rings is 1. The van der Waals surface area contributed by atoms with Gasteiger partial charge in [0.15, 0.2) is 0 Å². The van der Waals surface area contributed by atoms with Crippen LogP contribution in [0.3, 0.4) is 0 Å². The molecule has 6 nitrogen and oxygen atoms in total. The maximum Gasteiger partial charge on any atom is 0.270 e. The fourth-order valence-corrected chi connectivity index (χ4v) is 3.04. The van der Waals surface area contributed by atoms with Gasteiger partial charge in [-0.3, -0.25) is 10.1 Å². The first-order valence-corrected chi connectivity index (χ1v) is 8.08. The van der Waals surface area contributed by atoms with E-state index in [4.69, 9.17) is 5.26 Å². The number of para-hydroxylation sites is 1. The highest BCUT2D eigenvalue weighted by Gasteiger charge is 2.21. The van der Waals surface area contributed by atoms with Gasteiger partial charge in [0.2, 0.25) is 0 Å². The molecule has 2 aromatic rings. The van der Waals surface area contributed by atoms with Crippen LogP contribution >= 0.6 is 0 Å². The molecule has 0 N–H and O–H groups in total. The molecule has 0 saturated carbocycles. The molecule has 0 aromatic heterocycles. The van der Waals surface area contributed by atoms with Gasteiger partial charge in [0, 0.05) is 55.6 Å². The summed E-state index contributed by atoms with van der Waals surface area (Å²) in [6, 6.07) is 18.7. The Morgan fingerprint density at radius 1 is 1.08 bits per heavy atom. The highest BCUT2D eigenvalue weighted by molar-refractivity contribution is 5.68. The maximum atomic E-state index is 11.0. The van der Waals surface area contributed by atoms with Crippen LogP contribution in [-0.4, -0.2) is 36.0 Å². The van der Waals surface area contributed by atoms with E-state index in [-0.39, 0.29) is 5.69 Å². The summed E-state index contributed by atoms with van der Waals surface area (Å²) in [6.07, 6.45) is 1.47. The van der Waals surface area contributed by atoms with Crippen LogP contribution in [0.5, 0.6) is 0 Å². The zero-order valence-corrected chi connectivity index (χ0v) is 13.7. The first-order chi connectivity index (χ1) is 12.2. The lowest BCUT2D eigenvalue weighted by molar-refractivity contribution is -0.384. The Bertz CT molecular complexity index is 819. The van der Waals surface area contributed by atoms with E-state index in [1.54, 1.807) is 12.1 Å². The second-order valence-electron chi connectivity index (χ2n) is 5.78. The molecule has 0 radical (unpaired) electrons. The van der Waals surface area contributed by atoms with Crippen molar-refractivity contribution in [1.82, 2.24) is 4.90 Å². The molecule has 0 atom stereocenters. The average Bonchev–Trinajstić information content (AvgIpc) is 2.67. The zero-order valence-electron chi connectivity index (χ0n) is 13.7. The normalized spacial score (nSPS) is 14.9. The topological polar surface area (TPSA) is 73.4 Å². The number of non-ortho nitro benzene ring substituents is 1. The monoisotopic (exact) mass is 334 g/mol. The molecule has 126 valence electrons. The molecule has 1 fully saturated rings.